The number of para-hydroxylation sites is 1. The van der Waals surface area contributed by atoms with Crippen molar-refractivity contribution in [1.29, 1.82) is 0 Å². The van der Waals surface area contributed by atoms with Gasteiger partial charge in [0.15, 0.2) is 10.6 Å². The molecule has 11 nitrogen and oxygen atoms in total. The molecule has 44 heavy (non-hydrogen) atoms. The number of esters is 1. The van der Waals surface area contributed by atoms with Crippen LogP contribution in [0.5, 0.6) is 11.5 Å². The molecule has 0 N–H and O–H groups in total. The van der Waals surface area contributed by atoms with Gasteiger partial charge in [-0.2, -0.15) is 0 Å². The SMILES string of the molecule is COCCOC(=O)C1=C(C)N=c2sc(=Cc3ccc(OCc4ccccc4)c([N+](=O)[O-])c3)c(=O)n2C1c1ccccc1OC. The van der Waals surface area contributed by atoms with Gasteiger partial charge in [0.1, 0.15) is 25.0 Å². The molecule has 4 aromatic rings. The number of fused-ring (bicyclic) bond motifs is 1. The van der Waals surface area contributed by atoms with Gasteiger partial charge < -0.3 is 18.9 Å². The molecule has 226 valence electrons. The van der Waals surface area contributed by atoms with Crippen LogP contribution in [0, 0.1) is 10.1 Å². The summed E-state index contributed by atoms with van der Waals surface area (Å²) in [6.07, 6.45) is 1.56. The summed E-state index contributed by atoms with van der Waals surface area (Å²) in [4.78, 5) is 43.6. The summed E-state index contributed by atoms with van der Waals surface area (Å²) < 4.78 is 23.5. The van der Waals surface area contributed by atoms with Gasteiger partial charge in [-0.25, -0.2) is 9.79 Å². The van der Waals surface area contributed by atoms with Gasteiger partial charge in [-0.1, -0.05) is 65.9 Å². The summed E-state index contributed by atoms with van der Waals surface area (Å²) in [5.74, 6) is -0.0400. The molecule has 0 saturated heterocycles. The Kier molecular flexibility index (Phi) is 9.32. The first-order valence-corrected chi connectivity index (χ1v) is 14.4. The number of aromatic nitrogens is 1. The van der Waals surface area contributed by atoms with Gasteiger partial charge in [-0.3, -0.25) is 19.5 Å². The van der Waals surface area contributed by atoms with Crippen LogP contribution in [0.15, 0.2) is 93.9 Å². The first kappa shape index (κ1) is 30.4. The highest BCUT2D eigenvalue weighted by Crippen LogP contribution is 2.35. The molecular weight excluding hydrogens is 586 g/mol. The number of allylic oxidation sites excluding steroid dienone is 1. The van der Waals surface area contributed by atoms with Gasteiger partial charge >= 0.3 is 11.7 Å². The number of nitrogens with zero attached hydrogens (tertiary/aromatic N) is 3. The van der Waals surface area contributed by atoms with Crippen molar-refractivity contribution < 1.29 is 28.7 Å². The van der Waals surface area contributed by atoms with Crippen LogP contribution < -0.4 is 24.4 Å². The van der Waals surface area contributed by atoms with Crippen LogP contribution in [0.25, 0.3) is 6.08 Å². The fraction of sp³-hybridized carbons (Fsp3) is 0.219. The maximum absolute atomic E-state index is 14.0. The average molecular weight is 616 g/mol. The second-order valence-corrected chi connectivity index (χ2v) is 10.7. The molecule has 0 bridgehead atoms. The lowest BCUT2D eigenvalue weighted by atomic mass is 9.95. The highest BCUT2D eigenvalue weighted by Gasteiger charge is 2.35. The van der Waals surface area contributed by atoms with Gasteiger partial charge in [0.2, 0.25) is 0 Å². The van der Waals surface area contributed by atoms with E-state index in [1.165, 1.54) is 30.9 Å². The van der Waals surface area contributed by atoms with Crippen LogP contribution in [0.2, 0.25) is 0 Å². The number of nitro groups is 1. The van der Waals surface area contributed by atoms with Crippen LogP contribution in [0.4, 0.5) is 5.69 Å². The molecule has 0 spiro atoms. The van der Waals surface area contributed by atoms with Crippen LogP contribution in [-0.4, -0.2) is 42.9 Å². The Hall–Kier alpha value is -5.07. The molecule has 0 aliphatic carbocycles. The van der Waals surface area contributed by atoms with Crippen molar-refractivity contribution in [3.63, 3.8) is 0 Å². The number of thiazole rings is 1. The molecule has 0 fully saturated rings. The molecule has 0 radical (unpaired) electrons. The third-order valence-electron chi connectivity index (χ3n) is 6.91. The topological polar surface area (TPSA) is 131 Å². The number of hydrogen-bond acceptors (Lipinski definition) is 10. The summed E-state index contributed by atoms with van der Waals surface area (Å²) >= 11 is 1.11. The molecular formula is C32H29N3O8S. The lowest BCUT2D eigenvalue weighted by Crippen LogP contribution is -2.40. The van der Waals surface area contributed by atoms with E-state index >= 15 is 0 Å². The van der Waals surface area contributed by atoms with Gasteiger partial charge in [0.25, 0.3) is 5.56 Å². The number of nitro benzene ring substituents is 1. The number of carbonyl (C=O) groups excluding carboxylic acids is 1. The zero-order valence-corrected chi connectivity index (χ0v) is 25.0. The maximum atomic E-state index is 14.0. The van der Waals surface area contributed by atoms with E-state index in [0.29, 0.717) is 27.4 Å². The van der Waals surface area contributed by atoms with Crippen molar-refractivity contribution in [2.45, 2.75) is 19.6 Å². The molecule has 1 aliphatic rings. The fourth-order valence-electron chi connectivity index (χ4n) is 4.84. The number of rotatable bonds is 11. The van der Waals surface area contributed by atoms with E-state index in [1.54, 1.807) is 43.3 Å². The van der Waals surface area contributed by atoms with Gasteiger partial charge in [-0.15, -0.1) is 0 Å². The second kappa shape index (κ2) is 13.5. The second-order valence-electron chi connectivity index (χ2n) is 9.71. The highest BCUT2D eigenvalue weighted by molar-refractivity contribution is 7.07. The van der Waals surface area contributed by atoms with Crippen molar-refractivity contribution >= 4 is 29.1 Å². The normalized spacial score (nSPS) is 14.5. The third kappa shape index (κ3) is 6.31. The zero-order chi connectivity index (χ0) is 31.2. The first-order valence-electron chi connectivity index (χ1n) is 13.6. The van der Waals surface area contributed by atoms with Crippen molar-refractivity contribution in [2.75, 3.05) is 27.4 Å². The van der Waals surface area contributed by atoms with E-state index in [-0.39, 0.29) is 41.4 Å². The number of carbonyl (C=O) groups is 1. The van der Waals surface area contributed by atoms with Gasteiger partial charge in [0, 0.05) is 18.7 Å². The van der Waals surface area contributed by atoms with E-state index < -0.39 is 22.5 Å². The summed E-state index contributed by atoms with van der Waals surface area (Å²) in [5, 5.41) is 11.9. The molecule has 1 unspecified atom stereocenters. The molecule has 1 aliphatic heterocycles. The largest absolute Gasteiger partial charge is 0.496 e. The lowest BCUT2D eigenvalue weighted by Gasteiger charge is -2.26. The predicted molar refractivity (Wildman–Crippen MR) is 163 cm³/mol. The monoisotopic (exact) mass is 615 g/mol. The quantitative estimate of drug-likeness (QED) is 0.107. The van der Waals surface area contributed by atoms with Crippen molar-refractivity contribution in [3.05, 3.63) is 131 Å². The number of hydrogen-bond donors (Lipinski definition) is 0. The molecule has 3 aromatic carbocycles. The zero-order valence-electron chi connectivity index (χ0n) is 24.2. The van der Waals surface area contributed by atoms with E-state index in [0.717, 1.165) is 16.9 Å². The summed E-state index contributed by atoms with van der Waals surface area (Å²) in [7, 11) is 3.01. The van der Waals surface area contributed by atoms with Gasteiger partial charge in [0.05, 0.1) is 34.4 Å². The van der Waals surface area contributed by atoms with Crippen LogP contribution in [-0.2, 0) is 20.9 Å². The molecule has 0 amide bonds. The summed E-state index contributed by atoms with van der Waals surface area (Å²) in [6.45, 7) is 2.08. The molecule has 2 heterocycles. The Morgan fingerprint density at radius 3 is 2.52 bits per heavy atom. The minimum atomic E-state index is -0.886. The predicted octanol–water partition coefficient (Wildman–Crippen LogP) is 3.92. The van der Waals surface area contributed by atoms with E-state index in [2.05, 4.69) is 4.99 Å². The Labute approximate surface area is 256 Å². The molecule has 5 rings (SSSR count). The first-order chi connectivity index (χ1) is 21.3. The number of benzene rings is 3. The standard InChI is InChI=1S/C32H29N3O8S/c1-20-28(31(37)42-16-15-40-2)29(23-11-7-8-12-25(23)41-3)34-30(36)27(44-32(34)33-20)18-22-13-14-26(24(17-22)35(38)39)43-19-21-9-5-4-6-10-21/h4-14,17-18,29H,15-16,19H2,1-3H3. The van der Waals surface area contributed by atoms with Crippen LogP contribution in [0.3, 0.4) is 0 Å². The number of methoxy groups -OCH3 is 2. The lowest BCUT2D eigenvalue weighted by molar-refractivity contribution is -0.386. The van der Waals surface area contributed by atoms with E-state index in [9.17, 15) is 19.7 Å². The Balaban J connectivity index is 1.58. The molecule has 1 atom stereocenters. The Morgan fingerprint density at radius 2 is 1.80 bits per heavy atom. The number of ether oxygens (including phenoxy) is 4. The third-order valence-corrected chi connectivity index (χ3v) is 7.89. The summed E-state index contributed by atoms with van der Waals surface area (Å²) in [5.41, 5.74) is 1.81. The minimum Gasteiger partial charge on any atom is -0.496 e. The minimum absolute atomic E-state index is 0.0268. The Morgan fingerprint density at radius 1 is 1.05 bits per heavy atom. The van der Waals surface area contributed by atoms with Gasteiger partial charge in [-0.05, 0) is 36.3 Å². The molecule has 1 aromatic heterocycles. The van der Waals surface area contributed by atoms with Crippen molar-refractivity contribution in [3.8, 4) is 11.5 Å². The molecule has 0 saturated carbocycles. The van der Waals surface area contributed by atoms with Crippen LogP contribution >= 0.6 is 11.3 Å². The van der Waals surface area contributed by atoms with Crippen molar-refractivity contribution in [2.24, 2.45) is 4.99 Å². The Bertz CT molecular complexity index is 1910. The average Bonchev–Trinajstić information content (AvgIpc) is 3.33. The van der Waals surface area contributed by atoms with Crippen molar-refractivity contribution in [1.82, 2.24) is 4.57 Å². The summed E-state index contributed by atoms with van der Waals surface area (Å²) in [6, 6.07) is 20.1. The molecule has 12 heteroatoms. The smallest absolute Gasteiger partial charge is 0.338 e. The van der Waals surface area contributed by atoms with E-state index in [1.807, 2.05) is 30.3 Å². The van der Waals surface area contributed by atoms with E-state index in [4.69, 9.17) is 18.9 Å². The highest BCUT2D eigenvalue weighted by atomic mass is 32.1. The maximum Gasteiger partial charge on any atom is 0.338 e. The fourth-order valence-corrected chi connectivity index (χ4v) is 5.89. The van der Waals surface area contributed by atoms with Crippen LogP contribution in [0.1, 0.15) is 29.7 Å².